The number of nitrogens with one attached hydrogen (secondary N) is 2. The zero-order chi connectivity index (χ0) is 14.4. The second-order valence-electron chi connectivity index (χ2n) is 4.72. The molecule has 1 saturated heterocycles. The number of aryl methyl sites for hydroxylation is 1. The fraction of sp³-hybridized carbons (Fsp3) is 0.727. The van der Waals surface area contributed by atoms with E-state index in [0.717, 1.165) is 18.7 Å². The van der Waals surface area contributed by atoms with Crippen molar-refractivity contribution in [1.29, 1.82) is 0 Å². The zero-order valence-corrected chi connectivity index (χ0v) is 12.7. The Hall–Kier alpha value is -1.09. The predicted octanol–water partition coefficient (Wildman–Crippen LogP) is -0.226. The quantitative estimate of drug-likeness (QED) is 0.673. The summed E-state index contributed by atoms with van der Waals surface area (Å²) in [7, 11) is -2.86. The van der Waals surface area contributed by atoms with Gasteiger partial charge in [0.15, 0.2) is 9.84 Å². The Bertz CT molecular complexity index is 530. The van der Waals surface area contributed by atoms with Crippen LogP contribution in [0.25, 0.3) is 0 Å². The third-order valence-corrected chi connectivity index (χ3v) is 6.30. The van der Waals surface area contributed by atoms with Gasteiger partial charge in [0.2, 0.25) is 5.91 Å². The van der Waals surface area contributed by atoms with E-state index in [1.54, 1.807) is 0 Å². The molecule has 2 N–H and O–H groups in total. The van der Waals surface area contributed by atoms with Gasteiger partial charge in [-0.25, -0.2) is 13.4 Å². The van der Waals surface area contributed by atoms with Crippen LogP contribution in [0.2, 0.25) is 0 Å². The summed E-state index contributed by atoms with van der Waals surface area (Å²) in [5.74, 6) is 1.55. The van der Waals surface area contributed by atoms with Gasteiger partial charge < -0.3 is 5.32 Å². The largest absolute Gasteiger partial charge is 0.355 e. The molecule has 0 saturated carbocycles. The summed E-state index contributed by atoms with van der Waals surface area (Å²) in [6.07, 6.45) is 3.66. The molecule has 0 bridgehead atoms. The molecule has 1 aliphatic heterocycles. The van der Waals surface area contributed by atoms with Gasteiger partial charge in [-0.1, -0.05) is 0 Å². The Morgan fingerprint density at radius 2 is 2.40 bits per heavy atom. The normalized spacial score (nSPS) is 20.9. The second kappa shape index (κ2) is 7.07. The van der Waals surface area contributed by atoms with Crippen molar-refractivity contribution in [1.82, 2.24) is 20.5 Å². The Labute approximate surface area is 122 Å². The maximum atomic E-state index is 11.6. The van der Waals surface area contributed by atoms with E-state index < -0.39 is 9.84 Å². The van der Waals surface area contributed by atoms with Crippen LogP contribution in [0.4, 0.5) is 0 Å². The molecule has 1 amide bonds. The van der Waals surface area contributed by atoms with Gasteiger partial charge in [0, 0.05) is 18.2 Å². The van der Waals surface area contributed by atoms with Gasteiger partial charge in [0.25, 0.3) is 0 Å². The number of rotatable bonds is 7. The number of H-pyrrole nitrogens is 1. The van der Waals surface area contributed by atoms with Crippen molar-refractivity contribution in [3.05, 3.63) is 12.2 Å². The number of amides is 1. The first kappa shape index (κ1) is 15.3. The molecule has 1 aliphatic rings. The molecule has 0 aliphatic carbocycles. The van der Waals surface area contributed by atoms with Crippen molar-refractivity contribution < 1.29 is 13.2 Å². The molecule has 7 nitrogen and oxygen atoms in total. The molecular formula is C11H18N4O3S2. The van der Waals surface area contributed by atoms with E-state index in [2.05, 4.69) is 20.5 Å². The van der Waals surface area contributed by atoms with Gasteiger partial charge in [0.05, 0.1) is 17.3 Å². The lowest BCUT2D eigenvalue weighted by atomic mass is 10.3. The highest BCUT2D eigenvalue weighted by Gasteiger charge is 2.28. The molecule has 0 aromatic carbocycles. The molecule has 2 heterocycles. The Morgan fingerprint density at radius 3 is 3.05 bits per heavy atom. The smallest absolute Gasteiger partial charge is 0.230 e. The third kappa shape index (κ3) is 5.12. The first-order valence-corrected chi connectivity index (χ1v) is 9.35. The minimum Gasteiger partial charge on any atom is -0.355 e. The number of aromatic amines is 1. The van der Waals surface area contributed by atoms with Crippen molar-refractivity contribution in [2.45, 2.75) is 24.5 Å². The van der Waals surface area contributed by atoms with Gasteiger partial charge in [0.1, 0.15) is 12.2 Å². The van der Waals surface area contributed by atoms with Crippen molar-refractivity contribution in [2.24, 2.45) is 0 Å². The third-order valence-electron chi connectivity index (χ3n) is 3.02. The number of aromatic nitrogens is 3. The Morgan fingerprint density at radius 1 is 1.55 bits per heavy atom. The molecule has 1 aromatic heterocycles. The summed E-state index contributed by atoms with van der Waals surface area (Å²) < 4.78 is 22.6. The summed E-state index contributed by atoms with van der Waals surface area (Å²) in [5.41, 5.74) is 0. The maximum Gasteiger partial charge on any atom is 0.230 e. The van der Waals surface area contributed by atoms with Crippen LogP contribution < -0.4 is 5.32 Å². The molecule has 1 fully saturated rings. The lowest BCUT2D eigenvalue weighted by molar-refractivity contribution is -0.118. The standard InChI is InChI=1S/C11H18N4O3S2/c16-11(6-19-9-3-5-20(17,18)7-9)12-4-1-2-10-13-8-14-15-10/h8-9H,1-7H2,(H,12,16)(H,13,14,15). The van der Waals surface area contributed by atoms with E-state index in [1.807, 2.05) is 0 Å². The summed E-state index contributed by atoms with van der Waals surface area (Å²) in [6, 6.07) is 0. The van der Waals surface area contributed by atoms with Crippen molar-refractivity contribution >= 4 is 27.5 Å². The summed E-state index contributed by atoms with van der Waals surface area (Å²) in [5, 5.41) is 9.39. The summed E-state index contributed by atoms with van der Waals surface area (Å²) in [4.78, 5) is 15.6. The number of hydrogen-bond donors (Lipinski definition) is 2. The number of thioether (sulfide) groups is 1. The number of hydrogen-bond acceptors (Lipinski definition) is 6. The number of carbonyl (C=O) groups excluding carboxylic acids is 1. The second-order valence-corrected chi connectivity index (χ2v) is 8.24. The van der Waals surface area contributed by atoms with E-state index in [9.17, 15) is 13.2 Å². The van der Waals surface area contributed by atoms with Crippen LogP contribution in [-0.2, 0) is 21.1 Å². The lowest BCUT2D eigenvalue weighted by Gasteiger charge is -2.08. The molecule has 0 spiro atoms. The van der Waals surface area contributed by atoms with E-state index in [1.165, 1.54) is 18.1 Å². The lowest BCUT2D eigenvalue weighted by Crippen LogP contribution is -2.27. The van der Waals surface area contributed by atoms with Gasteiger partial charge in [-0.3, -0.25) is 9.89 Å². The minimum atomic E-state index is -2.86. The van der Waals surface area contributed by atoms with Gasteiger partial charge >= 0.3 is 0 Å². The van der Waals surface area contributed by atoms with Crippen LogP contribution >= 0.6 is 11.8 Å². The predicted molar refractivity (Wildman–Crippen MR) is 77.2 cm³/mol. The van der Waals surface area contributed by atoms with Crippen molar-refractivity contribution in [3.63, 3.8) is 0 Å². The molecule has 0 radical (unpaired) electrons. The molecule has 112 valence electrons. The molecule has 2 rings (SSSR count). The van der Waals surface area contributed by atoms with Crippen LogP contribution in [0.15, 0.2) is 6.33 Å². The first-order valence-electron chi connectivity index (χ1n) is 6.48. The summed E-state index contributed by atoms with van der Waals surface area (Å²) >= 11 is 1.43. The highest BCUT2D eigenvalue weighted by atomic mass is 32.2. The number of sulfone groups is 1. The van der Waals surface area contributed by atoms with E-state index >= 15 is 0 Å². The summed E-state index contributed by atoms with van der Waals surface area (Å²) in [6.45, 7) is 0.586. The van der Waals surface area contributed by atoms with Crippen LogP contribution in [-0.4, -0.2) is 58.6 Å². The molecule has 9 heteroatoms. The van der Waals surface area contributed by atoms with E-state index in [0.29, 0.717) is 18.7 Å². The fourth-order valence-corrected chi connectivity index (χ4v) is 5.44. The van der Waals surface area contributed by atoms with Gasteiger partial charge in [-0.05, 0) is 12.8 Å². The van der Waals surface area contributed by atoms with Crippen LogP contribution in [0.1, 0.15) is 18.7 Å². The highest BCUT2D eigenvalue weighted by molar-refractivity contribution is 8.02. The van der Waals surface area contributed by atoms with Gasteiger partial charge in [-0.15, -0.1) is 11.8 Å². The molecule has 1 atom stereocenters. The monoisotopic (exact) mass is 318 g/mol. The fourth-order valence-electron chi connectivity index (χ4n) is 1.97. The van der Waals surface area contributed by atoms with Crippen LogP contribution in [0.3, 0.4) is 0 Å². The van der Waals surface area contributed by atoms with Crippen LogP contribution in [0, 0.1) is 0 Å². The average Bonchev–Trinajstić information content (AvgIpc) is 3.01. The molecular weight excluding hydrogens is 300 g/mol. The molecule has 1 aromatic rings. The van der Waals surface area contributed by atoms with E-state index in [4.69, 9.17) is 0 Å². The van der Waals surface area contributed by atoms with E-state index in [-0.39, 0.29) is 22.7 Å². The Balaban J connectivity index is 1.54. The minimum absolute atomic E-state index is 0.0446. The zero-order valence-electron chi connectivity index (χ0n) is 11.0. The van der Waals surface area contributed by atoms with Crippen molar-refractivity contribution in [2.75, 3.05) is 23.8 Å². The SMILES string of the molecule is O=C(CSC1CCS(=O)(=O)C1)NCCCc1ncn[nH]1. The topological polar surface area (TPSA) is 105 Å². The number of carbonyl (C=O) groups is 1. The number of nitrogens with zero attached hydrogens (tertiary/aromatic N) is 2. The molecule has 20 heavy (non-hydrogen) atoms. The van der Waals surface area contributed by atoms with Gasteiger partial charge in [-0.2, -0.15) is 5.10 Å². The maximum absolute atomic E-state index is 11.6. The first-order chi connectivity index (χ1) is 9.55. The average molecular weight is 318 g/mol. The van der Waals surface area contributed by atoms with Crippen LogP contribution in [0.5, 0.6) is 0 Å². The Kier molecular flexibility index (Phi) is 5.41. The molecule has 1 unspecified atom stereocenters. The highest BCUT2D eigenvalue weighted by Crippen LogP contribution is 2.23. The van der Waals surface area contributed by atoms with Crippen molar-refractivity contribution in [3.8, 4) is 0 Å².